The third kappa shape index (κ3) is 4.39. The van der Waals surface area contributed by atoms with Crippen LogP contribution in [-0.4, -0.2) is 55.8 Å². The summed E-state index contributed by atoms with van der Waals surface area (Å²) in [5, 5.41) is 3.42. The van der Waals surface area contributed by atoms with Gasteiger partial charge in [-0.25, -0.2) is 4.98 Å². The number of nitrogens with zero attached hydrogens (tertiary/aromatic N) is 2. The summed E-state index contributed by atoms with van der Waals surface area (Å²) in [6.45, 7) is 4.19. The molecule has 1 amide bonds. The Bertz CT molecular complexity index is 669. The number of benzene rings is 1. The van der Waals surface area contributed by atoms with Gasteiger partial charge >= 0.3 is 0 Å². The number of anilines is 1. The first-order chi connectivity index (χ1) is 11.8. The van der Waals surface area contributed by atoms with Gasteiger partial charge in [-0.1, -0.05) is 41.7 Å². The lowest BCUT2D eigenvalue weighted by atomic mass is 10.1. The lowest BCUT2D eigenvalue weighted by Gasteiger charge is -2.26. The van der Waals surface area contributed by atoms with E-state index in [1.54, 1.807) is 0 Å². The third-order valence-electron chi connectivity index (χ3n) is 3.74. The Morgan fingerprint density at radius 3 is 2.79 bits per heavy atom. The molecule has 0 radical (unpaired) electrons. The fourth-order valence-corrected chi connectivity index (χ4v) is 3.63. The standard InChI is InChI=1S/C17H21N3O3S/c1-22-12-15(21)18-17-19-16(13-5-3-2-4-6-13)14(24-17)11-20-7-9-23-10-8-20/h2-6H,7-12H2,1H3,(H,18,19,21). The summed E-state index contributed by atoms with van der Waals surface area (Å²) in [7, 11) is 1.50. The van der Waals surface area contributed by atoms with Gasteiger partial charge in [0.25, 0.3) is 5.91 Å². The van der Waals surface area contributed by atoms with Crippen molar-refractivity contribution in [2.24, 2.45) is 0 Å². The van der Waals surface area contributed by atoms with E-state index in [-0.39, 0.29) is 12.5 Å². The first-order valence-electron chi connectivity index (χ1n) is 7.90. The number of thiazole rings is 1. The average Bonchev–Trinajstić information content (AvgIpc) is 2.99. The number of morpholine rings is 1. The van der Waals surface area contributed by atoms with Gasteiger partial charge in [-0.05, 0) is 0 Å². The fraction of sp³-hybridized carbons (Fsp3) is 0.412. The second-order valence-corrected chi connectivity index (χ2v) is 6.61. The summed E-state index contributed by atoms with van der Waals surface area (Å²) in [5.74, 6) is -0.191. The summed E-state index contributed by atoms with van der Waals surface area (Å²) in [6.07, 6.45) is 0. The number of rotatable bonds is 6. The van der Waals surface area contributed by atoms with Gasteiger partial charge in [0.15, 0.2) is 5.13 Å². The summed E-state index contributed by atoms with van der Waals surface area (Å²) in [5.41, 5.74) is 1.99. The van der Waals surface area contributed by atoms with Gasteiger partial charge in [0.05, 0.1) is 18.9 Å². The zero-order chi connectivity index (χ0) is 16.8. The zero-order valence-corrected chi connectivity index (χ0v) is 14.5. The maximum absolute atomic E-state index is 11.8. The normalized spacial score (nSPS) is 15.4. The van der Waals surface area contributed by atoms with Crippen molar-refractivity contribution < 1.29 is 14.3 Å². The Morgan fingerprint density at radius 2 is 2.08 bits per heavy atom. The zero-order valence-electron chi connectivity index (χ0n) is 13.7. The number of nitrogens with one attached hydrogen (secondary N) is 1. The molecule has 1 aromatic heterocycles. The number of amides is 1. The lowest BCUT2D eigenvalue weighted by Crippen LogP contribution is -2.35. The SMILES string of the molecule is COCC(=O)Nc1nc(-c2ccccc2)c(CN2CCOCC2)s1. The molecular weight excluding hydrogens is 326 g/mol. The number of hydrogen-bond acceptors (Lipinski definition) is 6. The van der Waals surface area contributed by atoms with E-state index in [1.165, 1.54) is 18.4 Å². The molecule has 1 N–H and O–H groups in total. The van der Waals surface area contributed by atoms with Crippen molar-refractivity contribution >= 4 is 22.4 Å². The average molecular weight is 347 g/mol. The van der Waals surface area contributed by atoms with Crippen LogP contribution in [0.15, 0.2) is 30.3 Å². The molecule has 0 unspecified atom stereocenters. The number of methoxy groups -OCH3 is 1. The van der Waals surface area contributed by atoms with Crippen molar-refractivity contribution in [3.05, 3.63) is 35.2 Å². The highest BCUT2D eigenvalue weighted by Gasteiger charge is 2.18. The number of aromatic nitrogens is 1. The highest BCUT2D eigenvalue weighted by molar-refractivity contribution is 7.16. The van der Waals surface area contributed by atoms with E-state index in [9.17, 15) is 4.79 Å². The Kier molecular flexibility index (Phi) is 5.92. The van der Waals surface area contributed by atoms with E-state index in [2.05, 4.69) is 15.2 Å². The molecule has 0 saturated carbocycles. The molecule has 2 aromatic rings. The molecule has 128 valence electrons. The molecule has 2 heterocycles. The van der Waals surface area contributed by atoms with Gasteiger partial charge in [-0.3, -0.25) is 15.0 Å². The smallest absolute Gasteiger partial charge is 0.252 e. The van der Waals surface area contributed by atoms with Crippen LogP contribution >= 0.6 is 11.3 Å². The number of ether oxygens (including phenoxy) is 2. The maximum atomic E-state index is 11.8. The van der Waals surface area contributed by atoms with Crippen LogP contribution in [-0.2, 0) is 20.8 Å². The van der Waals surface area contributed by atoms with Crippen molar-refractivity contribution in [1.82, 2.24) is 9.88 Å². The predicted molar refractivity (Wildman–Crippen MR) is 94.2 cm³/mol. The highest BCUT2D eigenvalue weighted by Crippen LogP contribution is 2.32. The van der Waals surface area contributed by atoms with E-state index in [0.29, 0.717) is 5.13 Å². The lowest BCUT2D eigenvalue weighted by molar-refractivity contribution is -0.119. The van der Waals surface area contributed by atoms with E-state index in [0.717, 1.165) is 49.0 Å². The molecule has 24 heavy (non-hydrogen) atoms. The minimum atomic E-state index is -0.191. The van der Waals surface area contributed by atoms with Gasteiger partial charge in [0, 0.05) is 37.2 Å². The predicted octanol–water partition coefficient (Wildman–Crippen LogP) is 2.23. The maximum Gasteiger partial charge on any atom is 0.252 e. The second-order valence-electron chi connectivity index (χ2n) is 5.53. The van der Waals surface area contributed by atoms with E-state index >= 15 is 0 Å². The second kappa shape index (κ2) is 8.34. The molecule has 1 fully saturated rings. The molecular formula is C17H21N3O3S. The minimum Gasteiger partial charge on any atom is -0.379 e. The van der Waals surface area contributed by atoms with Crippen LogP contribution in [0.2, 0.25) is 0 Å². The van der Waals surface area contributed by atoms with E-state index < -0.39 is 0 Å². The molecule has 1 aromatic carbocycles. The van der Waals surface area contributed by atoms with Crippen molar-refractivity contribution in [3.8, 4) is 11.3 Å². The van der Waals surface area contributed by atoms with Crippen molar-refractivity contribution in [2.45, 2.75) is 6.54 Å². The molecule has 6 nitrogen and oxygen atoms in total. The van der Waals surface area contributed by atoms with Gasteiger partial charge in [0.1, 0.15) is 6.61 Å². The Labute approximate surface area is 145 Å². The summed E-state index contributed by atoms with van der Waals surface area (Å²) >= 11 is 1.52. The molecule has 1 aliphatic rings. The van der Waals surface area contributed by atoms with Crippen LogP contribution in [0.5, 0.6) is 0 Å². The van der Waals surface area contributed by atoms with Crippen molar-refractivity contribution in [1.29, 1.82) is 0 Å². The van der Waals surface area contributed by atoms with Gasteiger partial charge < -0.3 is 9.47 Å². The first kappa shape index (κ1) is 17.0. The Hall–Kier alpha value is -1.80. The summed E-state index contributed by atoms with van der Waals surface area (Å²) in [4.78, 5) is 19.9. The van der Waals surface area contributed by atoms with E-state index in [4.69, 9.17) is 9.47 Å². The van der Waals surface area contributed by atoms with E-state index in [1.807, 2.05) is 30.3 Å². The van der Waals surface area contributed by atoms with Crippen molar-refractivity contribution in [2.75, 3.05) is 45.3 Å². The number of carbonyl (C=O) groups excluding carboxylic acids is 1. The molecule has 0 aliphatic carbocycles. The third-order valence-corrected chi connectivity index (χ3v) is 4.69. The van der Waals surface area contributed by atoms with Crippen LogP contribution in [0.1, 0.15) is 4.88 Å². The number of hydrogen-bond donors (Lipinski definition) is 1. The molecule has 1 aliphatic heterocycles. The van der Waals surface area contributed by atoms with Gasteiger partial charge in [-0.15, -0.1) is 0 Å². The summed E-state index contributed by atoms with van der Waals surface area (Å²) in [6, 6.07) is 10.1. The molecule has 0 atom stereocenters. The fourth-order valence-electron chi connectivity index (χ4n) is 2.58. The molecule has 7 heteroatoms. The molecule has 0 spiro atoms. The topological polar surface area (TPSA) is 63.7 Å². The van der Waals surface area contributed by atoms with Crippen LogP contribution in [0, 0.1) is 0 Å². The van der Waals surface area contributed by atoms with Gasteiger partial charge in [0.2, 0.25) is 0 Å². The van der Waals surface area contributed by atoms with Gasteiger partial charge in [-0.2, -0.15) is 0 Å². The molecule has 1 saturated heterocycles. The van der Waals surface area contributed by atoms with Crippen LogP contribution in [0.3, 0.4) is 0 Å². The Morgan fingerprint density at radius 1 is 1.33 bits per heavy atom. The van der Waals surface area contributed by atoms with Crippen LogP contribution in [0.4, 0.5) is 5.13 Å². The van der Waals surface area contributed by atoms with Crippen LogP contribution < -0.4 is 5.32 Å². The Balaban J connectivity index is 1.83. The molecule has 0 bridgehead atoms. The van der Waals surface area contributed by atoms with Crippen LogP contribution in [0.25, 0.3) is 11.3 Å². The number of carbonyl (C=O) groups is 1. The van der Waals surface area contributed by atoms with Crippen molar-refractivity contribution in [3.63, 3.8) is 0 Å². The minimum absolute atomic E-state index is 0.0268. The first-order valence-corrected chi connectivity index (χ1v) is 8.72. The highest BCUT2D eigenvalue weighted by atomic mass is 32.1. The largest absolute Gasteiger partial charge is 0.379 e. The summed E-state index contributed by atoms with van der Waals surface area (Å²) < 4.78 is 10.3. The quantitative estimate of drug-likeness (QED) is 0.868. The molecule has 3 rings (SSSR count). The monoisotopic (exact) mass is 347 g/mol.